The van der Waals surface area contributed by atoms with Crippen molar-refractivity contribution in [2.24, 2.45) is 0 Å². The van der Waals surface area contributed by atoms with Crippen molar-refractivity contribution in [2.75, 3.05) is 0 Å². The highest BCUT2D eigenvalue weighted by atomic mass is 15.4. The van der Waals surface area contributed by atoms with Crippen LogP contribution in [0.25, 0.3) is 99.0 Å². The van der Waals surface area contributed by atoms with Crippen molar-refractivity contribution < 1.29 is 0 Å². The molecule has 0 spiro atoms. The number of nitrogens with one attached hydrogen (secondary N) is 3. The number of benzene rings is 10. The Morgan fingerprint density at radius 2 is 0.797 bits per heavy atom. The van der Waals surface area contributed by atoms with Crippen LogP contribution >= 0.6 is 0 Å². The molecule has 1 aliphatic rings. The fraction of sp³-hybridized carbons (Fsp3) is 0.0476. The van der Waals surface area contributed by atoms with Crippen LogP contribution in [0.15, 0.2) is 243 Å². The molecule has 0 radical (unpaired) electrons. The summed E-state index contributed by atoms with van der Waals surface area (Å²) in [6, 6.07) is 88.3. The Morgan fingerprint density at radius 1 is 0.304 bits per heavy atom. The Morgan fingerprint density at radius 3 is 1.46 bits per heavy atom. The molecule has 1 aliphatic heterocycles. The maximum absolute atomic E-state index is 4.10. The van der Waals surface area contributed by atoms with Gasteiger partial charge in [-0.2, -0.15) is 0 Å². The van der Waals surface area contributed by atoms with E-state index in [9.17, 15) is 0 Å². The number of hydrogen-bond donors (Lipinski definition) is 3. The highest BCUT2D eigenvalue weighted by Gasteiger charge is 2.33. The first-order chi connectivity index (χ1) is 34.2. The van der Waals surface area contributed by atoms with E-state index in [1.807, 2.05) is 0 Å². The number of nitrogens with zero attached hydrogens (tertiary/aromatic N) is 3. The zero-order chi connectivity index (χ0) is 45.4. The lowest BCUT2D eigenvalue weighted by atomic mass is 9.98. The molecule has 6 heteroatoms. The topological polar surface area (TPSA) is 50.9 Å². The Balaban J connectivity index is 1.05. The molecule has 0 saturated carbocycles. The fourth-order valence-electron chi connectivity index (χ4n) is 11.3. The van der Waals surface area contributed by atoms with Crippen LogP contribution in [0.1, 0.15) is 29.7 Å². The van der Waals surface area contributed by atoms with Crippen molar-refractivity contribution in [2.45, 2.75) is 18.6 Å². The van der Waals surface area contributed by atoms with Gasteiger partial charge in [0, 0.05) is 43.7 Å². The van der Waals surface area contributed by atoms with E-state index >= 15 is 0 Å². The molecular formula is C63H46N6. The molecule has 10 aromatic carbocycles. The molecule has 0 aliphatic carbocycles. The third-order valence-corrected chi connectivity index (χ3v) is 14.3. The summed E-state index contributed by atoms with van der Waals surface area (Å²) >= 11 is 0. The van der Waals surface area contributed by atoms with Crippen LogP contribution in [-0.2, 0) is 0 Å². The Kier molecular flexibility index (Phi) is 9.23. The lowest BCUT2D eigenvalue weighted by molar-refractivity contribution is 0.161. The average molecular weight is 887 g/mol. The van der Waals surface area contributed by atoms with Crippen molar-refractivity contribution in [1.29, 1.82) is 0 Å². The van der Waals surface area contributed by atoms with E-state index in [1.54, 1.807) is 0 Å². The van der Waals surface area contributed by atoms with Crippen molar-refractivity contribution in [3.63, 3.8) is 0 Å². The number of para-hydroxylation sites is 4. The first-order valence-corrected chi connectivity index (χ1v) is 23.9. The van der Waals surface area contributed by atoms with Gasteiger partial charge in [-0.1, -0.05) is 200 Å². The molecule has 328 valence electrons. The normalized spacial score (nSPS) is 16.4. The molecule has 0 bridgehead atoms. The minimum Gasteiger partial charge on any atom is -0.309 e. The summed E-state index contributed by atoms with van der Waals surface area (Å²) in [5.74, 6) is 0. The van der Waals surface area contributed by atoms with Gasteiger partial charge in [0.2, 0.25) is 0 Å². The van der Waals surface area contributed by atoms with Crippen LogP contribution in [0.4, 0.5) is 0 Å². The molecule has 1 saturated heterocycles. The van der Waals surface area contributed by atoms with Crippen LogP contribution in [-0.4, -0.2) is 13.7 Å². The molecule has 4 heterocycles. The predicted octanol–water partition coefficient (Wildman–Crippen LogP) is 15.0. The van der Waals surface area contributed by atoms with Gasteiger partial charge < -0.3 is 13.7 Å². The predicted molar refractivity (Wildman–Crippen MR) is 286 cm³/mol. The number of fused-ring (bicyclic) bond motifs is 10. The van der Waals surface area contributed by atoms with Gasteiger partial charge in [0.15, 0.2) is 0 Å². The third-order valence-electron chi connectivity index (χ3n) is 14.3. The number of hydrogen-bond acceptors (Lipinski definition) is 3. The molecular weight excluding hydrogens is 841 g/mol. The average Bonchev–Trinajstić information content (AvgIpc) is 4.07. The molecule has 6 nitrogen and oxygen atoms in total. The minimum absolute atomic E-state index is 0.159. The van der Waals surface area contributed by atoms with E-state index < -0.39 is 0 Å². The summed E-state index contributed by atoms with van der Waals surface area (Å²) < 4.78 is 7.51. The lowest BCUT2D eigenvalue weighted by Crippen LogP contribution is -2.56. The van der Waals surface area contributed by atoms with Crippen LogP contribution in [0.2, 0.25) is 0 Å². The quantitative estimate of drug-likeness (QED) is 0.149. The van der Waals surface area contributed by atoms with Crippen molar-refractivity contribution in [3.8, 4) is 33.6 Å². The molecule has 0 amide bonds. The van der Waals surface area contributed by atoms with Crippen molar-refractivity contribution >= 4 is 65.4 Å². The van der Waals surface area contributed by atoms with E-state index in [0.29, 0.717) is 0 Å². The van der Waals surface area contributed by atoms with Crippen LogP contribution in [0, 0.1) is 0 Å². The number of rotatable bonds is 7. The fourth-order valence-corrected chi connectivity index (χ4v) is 11.3. The molecule has 3 aromatic heterocycles. The van der Waals surface area contributed by atoms with Gasteiger partial charge in [0.25, 0.3) is 0 Å². The van der Waals surface area contributed by atoms with E-state index in [0.717, 1.165) is 44.5 Å². The summed E-state index contributed by atoms with van der Waals surface area (Å²) in [7, 11) is 0. The molecule has 13 aromatic rings. The molecule has 3 unspecified atom stereocenters. The Labute approximate surface area is 399 Å². The maximum atomic E-state index is 4.10. The smallest absolute Gasteiger partial charge is 0.142 e. The summed E-state index contributed by atoms with van der Waals surface area (Å²) in [6.45, 7) is 0. The molecule has 1 fully saturated rings. The first kappa shape index (κ1) is 39.6. The molecule has 3 atom stereocenters. The van der Waals surface area contributed by atoms with E-state index in [4.69, 9.17) is 0 Å². The van der Waals surface area contributed by atoms with Crippen molar-refractivity contribution in [3.05, 3.63) is 254 Å². The van der Waals surface area contributed by atoms with E-state index in [2.05, 4.69) is 272 Å². The van der Waals surface area contributed by atoms with Gasteiger partial charge in [-0.05, 0) is 75.8 Å². The summed E-state index contributed by atoms with van der Waals surface area (Å²) in [6.07, 6.45) is -0.658. The molecule has 69 heavy (non-hydrogen) atoms. The van der Waals surface area contributed by atoms with Crippen LogP contribution in [0.5, 0.6) is 0 Å². The second-order valence-corrected chi connectivity index (χ2v) is 18.2. The maximum Gasteiger partial charge on any atom is 0.142 e. The van der Waals surface area contributed by atoms with Crippen LogP contribution < -0.4 is 16.0 Å². The Hall–Kier alpha value is -8.52. The molecule has 3 N–H and O–H groups in total. The Bertz CT molecular complexity index is 4040. The van der Waals surface area contributed by atoms with Gasteiger partial charge in [0.05, 0.1) is 45.4 Å². The zero-order valence-electron chi connectivity index (χ0n) is 37.7. The minimum atomic E-state index is -0.322. The summed E-state index contributed by atoms with van der Waals surface area (Å²) in [5, 5.41) is 19.4. The van der Waals surface area contributed by atoms with Gasteiger partial charge in [-0.15, -0.1) is 0 Å². The van der Waals surface area contributed by atoms with Crippen molar-refractivity contribution in [1.82, 2.24) is 29.7 Å². The van der Waals surface area contributed by atoms with E-state index in [-0.39, 0.29) is 18.6 Å². The second kappa shape index (κ2) is 16.1. The molecule has 14 rings (SSSR count). The second-order valence-electron chi connectivity index (χ2n) is 18.2. The summed E-state index contributed by atoms with van der Waals surface area (Å²) in [4.78, 5) is 0. The van der Waals surface area contributed by atoms with Gasteiger partial charge in [-0.3, -0.25) is 16.0 Å². The first-order valence-electron chi connectivity index (χ1n) is 23.9. The lowest BCUT2D eigenvalue weighted by Gasteiger charge is -2.40. The highest BCUT2D eigenvalue weighted by Crippen LogP contribution is 2.45. The van der Waals surface area contributed by atoms with E-state index in [1.165, 1.54) is 65.7 Å². The number of aromatic nitrogens is 3. The zero-order valence-corrected chi connectivity index (χ0v) is 37.7. The standard InChI is InChI=1S/C63H46N6/c1-5-19-41(20-6-1)42-33-35-45(36-34-42)62-64-61(44-23-9-3-10-24-44)65-63(66-62)69-55-31-17-14-28-49(55)51-38-37-50-48-27-13-16-30-54(48)68(59(50)60(51)69)47-39-53(43-21-7-2-8-22-43)58-52-29-15-18-32-56(52)67(57(58)40-47)46-25-11-4-12-26-46/h1-40,61-66H. The third kappa shape index (κ3) is 6.38. The van der Waals surface area contributed by atoms with Crippen LogP contribution in [0.3, 0.4) is 0 Å². The largest absolute Gasteiger partial charge is 0.309 e. The summed E-state index contributed by atoms with van der Waals surface area (Å²) in [5.41, 5.74) is 16.3. The highest BCUT2D eigenvalue weighted by molar-refractivity contribution is 6.24. The van der Waals surface area contributed by atoms with Gasteiger partial charge in [0.1, 0.15) is 6.29 Å². The monoisotopic (exact) mass is 886 g/mol. The van der Waals surface area contributed by atoms with Gasteiger partial charge in [-0.25, -0.2) is 0 Å². The van der Waals surface area contributed by atoms with Gasteiger partial charge >= 0.3 is 0 Å². The SMILES string of the molecule is c1ccc(-c2ccc(C3NC(c4ccccc4)NC(n4c5ccccc5c5ccc6c7ccccc7n(-c7cc(-c8ccccc8)c8c9ccccc9n(-c9ccccc9)c8c7)c6c54)N3)cc2)cc1.